The zero-order valence-electron chi connectivity index (χ0n) is 16.9. The average molecular weight is 411 g/mol. The predicted octanol–water partition coefficient (Wildman–Crippen LogP) is 4.05. The van der Waals surface area contributed by atoms with Gasteiger partial charge in [0.25, 0.3) is 0 Å². The average Bonchev–Trinajstić information content (AvgIpc) is 2.71. The van der Waals surface area contributed by atoms with Gasteiger partial charge in [-0.3, -0.25) is 9.10 Å². The van der Waals surface area contributed by atoms with Crippen LogP contribution in [0.25, 0.3) is 10.8 Å². The SMILES string of the molecule is CCc1ccc([C@H](C)NC(=O)CN(c2cccc3ccccc23)S(C)(=O)=O)cc1. The number of rotatable bonds is 7. The fourth-order valence-corrected chi connectivity index (χ4v) is 4.22. The van der Waals surface area contributed by atoms with Crippen LogP contribution in [0, 0.1) is 0 Å². The maximum absolute atomic E-state index is 12.7. The van der Waals surface area contributed by atoms with Crippen LogP contribution in [0.5, 0.6) is 0 Å². The number of carbonyl (C=O) groups is 1. The fourth-order valence-electron chi connectivity index (χ4n) is 3.35. The zero-order chi connectivity index (χ0) is 21.0. The molecule has 0 aliphatic carbocycles. The molecular weight excluding hydrogens is 384 g/mol. The van der Waals surface area contributed by atoms with E-state index in [4.69, 9.17) is 0 Å². The van der Waals surface area contributed by atoms with Crippen LogP contribution < -0.4 is 9.62 Å². The first-order valence-electron chi connectivity index (χ1n) is 9.63. The Labute approximate surface area is 172 Å². The van der Waals surface area contributed by atoms with Gasteiger partial charge in [0.1, 0.15) is 6.54 Å². The number of sulfonamides is 1. The maximum atomic E-state index is 12.7. The van der Waals surface area contributed by atoms with Crippen molar-refractivity contribution >= 4 is 32.4 Å². The Balaban J connectivity index is 1.82. The lowest BCUT2D eigenvalue weighted by Gasteiger charge is -2.24. The van der Waals surface area contributed by atoms with Crippen molar-refractivity contribution in [1.82, 2.24) is 5.32 Å². The predicted molar refractivity (Wildman–Crippen MR) is 119 cm³/mol. The van der Waals surface area contributed by atoms with E-state index in [2.05, 4.69) is 12.2 Å². The van der Waals surface area contributed by atoms with Gasteiger partial charge >= 0.3 is 0 Å². The fraction of sp³-hybridized carbons (Fsp3) is 0.261. The van der Waals surface area contributed by atoms with Crippen molar-refractivity contribution in [1.29, 1.82) is 0 Å². The molecule has 6 heteroatoms. The molecule has 0 saturated carbocycles. The summed E-state index contributed by atoms with van der Waals surface area (Å²) in [7, 11) is -3.64. The molecule has 0 aromatic heterocycles. The molecule has 0 unspecified atom stereocenters. The van der Waals surface area contributed by atoms with Gasteiger partial charge in [-0.05, 0) is 35.9 Å². The first-order chi connectivity index (χ1) is 13.8. The second-order valence-corrected chi connectivity index (χ2v) is 9.06. The maximum Gasteiger partial charge on any atom is 0.241 e. The summed E-state index contributed by atoms with van der Waals surface area (Å²) in [4.78, 5) is 12.7. The van der Waals surface area contributed by atoms with Crippen molar-refractivity contribution < 1.29 is 13.2 Å². The highest BCUT2D eigenvalue weighted by Gasteiger charge is 2.23. The Morgan fingerprint density at radius 3 is 2.31 bits per heavy atom. The highest BCUT2D eigenvalue weighted by atomic mass is 32.2. The van der Waals surface area contributed by atoms with Gasteiger partial charge in [0.05, 0.1) is 18.0 Å². The Kier molecular flexibility index (Phi) is 6.23. The lowest BCUT2D eigenvalue weighted by molar-refractivity contribution is -0.120. The van der Waals surface area contributed by atoms with E-state index in [9.17, 15) is 13.2 Å². The number of nitrogens with one attached hydrogen (secondary N) is 1. The summed E-state index contributed by atoms with van der Waals surface area (Å²) >= 11 is 0. The van der Waals surface area contributed by atoms with Gasteiger partial charge < -0.3 is 5.32 Å². The summed E-state index contributed by atoms with van der Waals surface area (Å²) in [6.07, 6.45) is 2.07. The minimum atomic E-state index is -3.64. The van der Waals surface area contributed by atoms with Crippen LogP contribution in [0.1, 0.15) is 31.0 Å². The summed E-state index contributed by atoms with van der Waals surface area (Å²) in [6, 6.07) is 20.8. The van der Waals surface area contributed by atoms with Gasteiger partial charge in [-0.2, -0.15) is 0 Å². The number of hydrogen-bond donors (Lipinski definition) is 1. The lowest BCUT2D eigenvalue weighted by atomic mass is 10.0. The largest absolute Gasteiger partial charge is 0.348 e. The van der Waals surface area contributed by atoms with E-state index in [1.54, 1.807) is 12.1 Å². The molecule has 0 radical (unpaired) electrons. The van der Waals surface area contributed by atoms with E-state index >= 15 is 0 Å². The summed E-state index contributed by atoms with van der Waals surface area (Å²) in [5.74, 6) is -0.351. The summed E-state index contributed by atoms with van der Waals surface area (Å²) < 4.78 is 26.1. The summed E-state index contributed by atoms with van der Waals surface area (Å²) in [6.45, 7) is 3.71. The lowest BCUT2D eigenvalue weighted by Crippen LogP contribution is -2.41. The van der Waals surface area contributed by atoms with Gasteiger partial charge in [-0.15, -0.1) is 0 Å². The second kappa shape index (κ2) is 8.66. The quantitative estimate of drug-likeness (QED) is 0.639. The van der Waals surface area contributed by atoms with Gasteiger partial charge in [-0.1, -0.05) is 67.6 Å². The third-order valence-corrected chi connectivity index (χ3v) is 6.11. The van der Waals surface area contributed by atoms with Crippen molar-refractivity contribution in [2.45, 2.75) is 26.3 Å². The molecule has 152 valence electrons. The molecule has 0 heterocycles. The number of anilines is 1. The van der Waals surface area contributed by atoms with Crippen LogP contribution in [-0.4, -0.2) is 27.1 Å². The van der Waals surface area contributed by atoms with Gasteiger partial charge in [0.2, 0.25) is 15.9 Å². The molecule has 0 aliphatic heterocycles. The van der Waals surface area contributed by atoms with Crippen molar-refractivity contribution in [2.75, 3.05) is 17.1 Å². The smallest absolute Gasteiger partial charge is 0.241 e. The molecule has 0 spiro atoms. The minimum absolute atomic E-state index is 0.220. The zero-order valence-corrected chi connectivity index (χ0v) is 17.7. The molecule has 1 atom stereocenters. The number of hydrogen-bond acceptors (Lipinski definition) is 3. The molecule has 0 aliphatic rings. The van der Waals surface area contributed by atoms with Crippen molar-refractivity contribution in [3.63, 3.8) is 0 Å². The van der Waals surface area contributed by atoms with Crippen LogP contribution in [0.4, 0.5) is 5.69 Å². The molecule has 1 N–H and O–H groups in total. The van der Waals surface area contributed by atoms with Crippen LogP contribution in [-0.2, 0) is 21.2 Å². The highest BCUT2D eigenvalue weighted by molar-refractivity contribution is 7.92. The molecule has 5 nitrogen and oxygen atoms in total. The number of carbonyl (C=O) groups excluding carboxylic acids is 1. The molecule has 3 aromatic rings. The first-order valence-corrected chi connectivity index (χ1v) is 11.5. The number of aryl methyl sites for hydroxylation is 1. The normalized spacial score (nSPS) is 12.5. The van der Waals surface area contributed by atoms with Crippen molar-refractivity contribution in [3.8, 4) is 0 Å². The van der Waals surface area contributed by atoms with Crippen LogP contribution in [0.15, 0.2) is 66.7 Å². The van der Waals surface area contributed by atoms with Gasteiger partial charge in [0.15, 0.2) is 0 Å². The van der Waals surface area contributed by atoms with Crippen LogP contribution >= 0.6 is 0 Å². The highest BCUT2D eigenvalue weighted by Crippen LogP contribution is 2.28. The third kappa shape index (κ3) is 4.95. The molecule has 0 fully saturated rings. The van der Waals surface area contributed by atoms with E-state index in [0.29, 0.717) is 5.69 Å². The first kappa shape index (κ1) is 20.9. The Morgan fingerprint density at radius 2 is 1.66 bits per heavy atom. The van der Waals surface area contributed by atoms with Crippen molar-refractivity contribution in [2.24, 2.45) is 0 Å². The van der Waals surface area contributed by atoms with E-state index in [1.807, 2.05) is 61.5 Å². The Morgan fingerprint density at radius 1 is 1.00 bits per heavy atom. The summed E-state index contributed by atoms with van der Waals surface area (Å²) in [5.41, 5.74) is 2.71. The van der Waals surface area contributed by atoms with E-state index < -0.39 is 10.0 Å². The molecular formula is C23H26N2O3S. The van der Waals surface area contributed by atoms with Gasteiger partial charge in [-0.25, -0.2) is 8.42 Å². The summed E-state index contributed by atoms with van der Waals surface area (Å²) in [5, 5.41) is 4.62. The number of nitrogens with zero attached hydrogens (tertiary/aromatic N) is 1. The van der Waals surface area contributed by atoms with E-state index in [1.165, 1.54) is 5.56 Å². The van der Waals surface area contributed by atoms with E-state index in [0.717, 1.165) is 33.3 Å². The van der Waals surface area contributed by atoms with E-state index in [-0.39, 0.29) is 18.5 Å². The van der Waals surface area contributed by atoms with Crippen molar-refractivity contribution in [3.05, 3.63) is 77.9 Å². The molecule has 0 saturated heterocycles. The van der Waals surface area contributed by atoms with Gasteiger partial charge in [0, 0.05) is 5.39 Å². The Bertz CT molecular complexity index is 1100. The topological polar surface area (TPSA) is 66.5 Å². The number of fused-ring (bicyclic) bond motifs is 1. The molecule has 3 rings (SSSR count). The van der Waals surface area contributed by atoms with Crippen LogP contribution in [0.2, 0.25) is 0 Å². The second-order valence-electron chi connectivity index (χ2n) is 7.15. The molecule has 0 bridgehead atoms. The molecule has 29 heavy (non-hydrogen) atoms. The minimum Gasteiger partial charge on any atom is -0.348 e. The monoisotopic (exact) mass is 410 g/mol. The molecule has 3 aromatic carbocycles. The third-order valence-electron chi connectivity index (χ3n) is 4.99. The standard InChI is InChI=1S/C23H26N2O3S/c1-4-18-12-14-19(15-13-18)17(2)24-23(26)16-25(29(3,27)28)22-11-7-9-20-8-5-6-10-21(20)22/h5-15,17H,4,16H2,1-3H3,(H,24,26)/t17-/m0/s1. The van der Waals surface area contributed by atoms with Crippen LogP contribution in [0.3, 0.4) is 0 Å². The molecule has 1 amide bonds. The number of benzene rings is 3. The number of amides is 1. The Hall–Kier alpha value is -2.86.